The molecule has 0 unspecified atom stereocenters. The van der Waals surface area contributed by atoms with Crippen molar-refractivity contribution in [3.8, 4) is 0 Å². The maximum Gasteiger partial charge on any atom is 0.252 e. The Hall–Kier alpha value is -1.13. The molecule has 6 heteroatoms. The molecule has 1 heterocycles. The Balaban J connectivity index is 2.80. The van der Waals surface area contributed by atoms with Gasteiger partial charge in [0.25, 0.3) is 5.36 Å². The maximum atomic E-state index is 11.2. The third kappa shape index (κ3) is 1.50. The highest BCUT2D eigenvalue weighted by Gasteiger charge is 2.08. The quantitative estimate of drug-likeness (QED) is 0.377. The molecule has 0 saturated heterocycles. The van der Waals surface area contributed by atoms with Crippen molar-refractivity contribution < 1.29 is 0 Å². The van der Waals surface area contributed by atoms with Gasteiger partial charge in [0.05, 0.1) is 11.4 Å². The lowest BCUT2D eigenvalue weighted by atomic mass is 10.3. The van der Waals surface area contributed by atoms with E-state index >= 15 is 0 Å². The van der Waals surface area contributed by atoms with Crippen molar-refractivity contribution in [3.05, 3.63) is 39.0 Å². The van der Waals surface area contributed by atoms with Crippen LogP contribution in [-0.4, -0.2) is 4.53 Å². The van der Waals surface area contributed by atoms with Crippen molar-refractivity contribution in [1.29, 1.82) is 0 Å². The van der Waals surface area contributed by atoms with E-state index in [2.05, 4.69) is 5.53 Å². The highest BCUT2D eigenvalue weighted by molar-refractivity contribution is 6.30. The van der Waals surface area contributed by atoms with E-state index in [1.54, 1.807) is 24.4 Å². The molecular formula is C7H5Cl2N3O. The van der Waals surface area contributed by atoms with Crippen LogP contribution in [0.2, 0.25) is 5.02 Å². The molecule has 0 spiro atoms. The molecule has 68 valence electrons. The Kier molecular flexibility index (Phi) is 1.94. The van der Waals surface area contributed by atoms with Crippen LogP contribution in [0.15, 0.2) is 18.2 Å². The Bertz CT molecular complexity index is 459. The van der Waals surface area contributed by atoms with E-state index in [0.29, 0.717) is 20.4 Å². The largest absolute Gasteiger partial charge is 0.594 e. The predicted molar refractivity (Wildman–Crippen MR) is 50.6 cm³/mol. The fourth-order valence-electron chi connectivity index (χ4n) is 1.11. The van der Waals surface area contributed by atoms with Crippen LogP contribution in [0.1, 0.15) is 0 Å². The van der Waals surface area contributed by atoms with Gasteiger partial charge in [-0.15, -0.1) is 0 Å². The molecule has 0 fully saturated rings. The predicted octanol–water partition coefficient (Wildman–Crippen LogP) is -0.0441. The van der Waals surface area contributed by atoms with Crippen LogP contribution in [-0.2, 0) is 0 Å². The van der Waals surface area contributed by atoms with Crippen LogP contribution in [0.5, 0.6) is 0 Å². The van der Waals surface area contributed by atoms with Gasteiger partial charge in [0.1, 0.15) is 0 Å². The van der Waals surface area contributed by atoms with Crippen LogP contribution >= 0.6 is 23.4 Å². The van der Waals surface area contributed by atoms with Gasteiger partial charge in [-0.05, 0) is 12.1 Å². The smallest absolute Gasteiger partial charge is 0.252 e. The normalized spacial score (nSPS) is 14.6. The number of fused-ring (bicyclic) bond motifs is 1. The average molecular weight is 218 g/mol. The molecule has 2 rings (SSSR count). The molecule has 13 heavy (non-hydrogen) atoms. The molecule has 1 N–H and O–H groups in total. The third-order valence-corrected chi connectivity index (χ3v) is 2.06. The number of hydrazine groups is 2. The highest BCUT2D eigenvalue weighted by atomic mass is 35.5. The topological polar surface area (TPSA) is 41.3 Å². The van der Waals surface area contributed by atoms with Crippen LogP contribution < -0.4 is 21.0 Å². The van der Waals surface area contributed by atoms with Gasteiger partial charge in [0.15, 0.2) is 0 Å². The van der Waals surface area contributed by atoms with E-state index in [4.69, 9.17) is 23.4 Å². The summed E-state index contributed by atoms with van der Waals surface area (Å²) in [5, 5.41) is 13.0. The minimum atomic E-state index is 0.487. The van der Waals surface area contributed by atoms with Crippen molar-refractivity contribution in [2.45, 2.75) is 0 Å². The van der Waals surface area contributed by atoms with Crippen molar-refractivity contribution in [2.24, 2.45) is 0 Å². The summed E-state index contributed by atoms with van der Waals surface area (Å²) in [4.78, 5) is 0.568. The fraction of sp³-hybridized carbons (Fsp3) is 0. The minimum Gasteiger partial charge on any atom is -0.594 e. The van der Waals surface area contributed by atoms with Gasteiger partial charge in [-0.25, -0.2) is 0 Å². The number of benzene rings is 1. The van der Waals surface area contributed by atoms with Crippen LogP contribution in [0, 0.1) is 5.21 Å². The number of nitrogens with one attached hydrogen (secondary N) is 1. The Morgan fingerprint density at radius 1 is 1.46 bits per heavy atom. The first-order chi connectivity index (χ1) is 6.16. The van der Waals surface area contributed by atoms with Crippen molar-refractivity contribution >= 4 is 29.6 Å². The number of rotatable bonds is 0. The van der Waals surface area contributed by atoms with Gasteiger partial charge in [-0.2, -0.15) is 4.53 Å². The SMILES string of the molecule is [O-][N+]1=c2ccc(Cl)cc2=CN(Cl)N1. The summed E-state index contributed by atoms with van der Waals surface area (Å²) in [7, 11) is 0. The zero-order chi connectivity index (χ0) is 9.42. The Morgan fingerprint density at radius 2 is 2.23 bits per heavy atom. The zero-order valence-corrected chi connectivity index (χ0v) is 7.88. The van der Waals surface area contributed by atoms with E-state index in [1.807, 2.05) is 0 Å². The molecule has 0 radical (unpaired) electrons. The molecule has 0 aliphatic carbocycles. The highest BCUT2D eigenvalue weighted by Crippen LogP contribution is 2.00. The summed E-state index contributed by atoms with van der Waals surface area (Å²) < 4.78 is 1.05. The standard InChI is InChI=1S/C7H5Cl2N3O/c8-6-1-2-7-5(3-6)4-11(9)10-12(7)13/h1-4,10H. The second-order valence-corrected chi connectivity index (χ2v) is 3.34. The molecule has 1 aliphatic heterocycles. The summed E-state index contributed by atoms with van der Waals surface area (Å²) in [5.74, 6) is 0. The van der Waals surface area contributed by atoms with Gasteiger partial charge in [0, 0.05) is 22.9 Å². The molecule has 1 aromatic rings. The molecule has 1 aromatic carbocycles. The summed E-state index contributed by atoms with van der Waals surface area (Å²) in [5.41, 5.74) is 2.33. The molecule has 0 amide bonds. The maximum absolute atomic E-state index is 11.2. The minimum absolute atomic E-state index is 0.487. The second-order valence-electron chi connectivity index (χ2n) is 2.54. The van der Waals surface area contributed by atoms with Crippen LogP contribution in [0.25, 0.3) is 6.20 Å². The first-order valence-electron chi connectivity index (χ1n) is 3.50. The van der Waals surface area contributed by atoms with Crippen molar-refractivity contribution in [1.82, 2.24) is 14.9 Å². The summed E-state index contributed by atoms with van der Waals surface area (Å²) in [6.45, 7) is 0. The van der Waals surface area contributed by atoms with Crippen LogP contribution in [0.4, 0.5) is 0 Å². The Labute approximate surface area is 83.9 Å². The molecule has 1 aliphatic rings. The van der Waals surface area contributed by atoms with E-state index in [-0.39, 0.29) is 0 Å². The summed E-state index contributed by atoms with van der Waals surface area (Å²) in [6, 6.07) is 4.93. The van der Waals surface area contributed by atoms with E-state index in [0.717, 1.165) is 4.53 Å². The van der Waals surface area contributed by atoms with E-state index in [9.17, 15) is 5.21 Å². The lowest BCUT2D eigenvalue weighted by Gasteiger charge is -2.14. The van der Waals surface area contributed by atoms with Crippen molar-refractivity contribution in [3.63, 3.8) is 0 Å². The third-order valence-electron chi connectivity index (χ3n) is 1.65. The first-order valence-corrected chi connectivity index (χ1v) is 4.21. The van der Waals surface area contributed by atoms with Crippen LogP contribution in [0.3, 0.4) is 0 Å². The van der Waals surface area contributed by atoms with Crippen molar-refractivity contribution in [2.75, 3.05) is 0 Å². The molecule has 4 nitrogen and oxygen atoms in total. The summed E-state index contributed by atoms with van der Waals surface area (Å²) in [6.07, 6.45) is 1.57. The number of hydrogen-bond donors (Lipinski definition) is 1. The molecule has 0 saturated carbocycles. The lowest BCUT2D eigenvalue weighted by molar-refractivity contribution is 0.357. The van der Waals surface area contributed by atoms with Gasteiger partial charge >= 0.3 is 0 Å². The fourth-order valence-corrected chi connectivity index (χ4v) is 1.46. The Morgan fingerprint density at radius 3 is 3.00 bits per heavy atom. The molecule has 0 atom stereocenters. The van der Waals surface area contributed by atoms with E-state index in [1.165, 1.54) is 0 Å². The van der Waals surface area contributed by atoms with Gasteiger partial charge < -0.3 is 5.21 Å². The monoisotopic (exact) mass is 217 g/mol. The van der Waals surface area contributed by atoms with Gasteiger partial charge in [0.2, 0.25) is 0 Å². The number of halogens is 2. The average Bonchev–Trinajstić information content (AvgIpc) is 2.02. The number of hydrogen-bond acceptors (Lipinski definition) is 3. The first kappa shape index (κ1) is 8.47. The lowest BCUT2D eigenvalue weighted by Crippen LogP contribution is -2.52. The van der Waals surface area contributed by atoms with Gasteiger partial charge in [-0.3, -0.25) is 0 Å². The molecular weight excluding hydrogens is 213 g/mol. The summed E-state index contributed by atoms with van der Waals surface area (Å²) >= 11 is 11.3. The molecule has 0 bridgehead atoms. The van der Waals surface area contributed by atoms with E-state index < -0.39 is 0 Å². The van der Waals surface area contributed by atoms with Gasteiger partial charge in [-0.1, -0.05) is 22.0 Å². The zero-order valence-electron chi connectivity index (χ0n) is 6.37. The second kappa shape index (κ2) is 2.97. The number of nitrogens with zero attached hydrogens (tertiary/aromatic N) is 2. The molecule has 0 aromatic heterocycles.